The lowest BCUT2D eigenvalue weighted by Crippen LogP contribution is -2.32. The van der Waals surface area contributed by atoms with Crippen molar-refractivity contribution in [3.8, 4) is 5.75 Å². The average molecular weight is 449 g/mol. The minimum Gasteiger partial charge on any atom is -0.404 e. The quantitative estimate of drug-likeness (QED) is 0.469. The predicted molar refractivity (Wildman–Crippen MR) is 109 cm³/mol. The number of ether oxygens (including phenoxy) is 1. The van der Waals surface area contributed by atoms with Crippen molar-refractivity contribution in [2.24, 2.45) is 0 Å². The van der Waals surface area contributed by atoms with Crippen molar-refractivity contribution < 1.29 is 17.9 Å². The maximum Gasteiger partial charge on any atom is 0.573 e. The highest BCUT2D eigenvalue weighted by Gasteiger charge is 2.32. The molecule has 1 aliphatic carbocycles. The molecule has 2 aromatic carbocycles. The second-order valence-corrected chi connectivity index (χ2v) is 7.94. The Bertz CT molecular complexity index is 1360. The highest BCUT2D eigenvalue weighted by Crippen LogP contribution is 2.34. The Labute approximate surface area is 178 Å². The summed E-state index contributed by atoms with van der Waals surface area (Å²) in [5.41, 5.74) is 1.31. The molecular weight excluding hydrogens is 433 g/mol. The zero-order chi connectivity index (χ0) is 21.8. The fourth-order valence-corrected chi connectivity index (χ4v) is 3.99. The molecular formula is C21H16ClF3N4O2. The normalized spacial score (nSPS) is 14.8. The van der Waals surface area contributed by atoms with Gasteiger partial charge in [-0.3, -0.25) is 4.79 Å². The molecule has 1 N–H and O–H groups in total. The van der Waals surface area contributed by atoms with E-state index in [4.69, 9.17) is 11.6 Å². The molecule has 10 heteroatoms. The lowest BCUT2D eigenvalue weighted by atomic mass is 9.93. The average Bonchev–Trinajstić information content (AvgIpc) is 3.04. The molecule has 0 spiro atoms. The first-order chi connectivity index (χ1) is 14.8. The number of halogens is 4. The van der Waals surface area contributed by atoms with E-state index in [0.717, 1.165) is 30.7 Å². The smallest absolute Gasteiger partial charge is 0.404 e. The number of alkyl halides is 3. The van der Waals surface area contributed by atoms with E-state index in [2.05, 4.69) is 19.8 Å². The van der Waals surface area contributed by atoms with Crippen LogP contribution in [0.25, 0.3) is 21.8 Å². The van der Waals surface area contributed by atoms with E-state index in [1.54, 1.807) is 10.7 Å². The molecule has 1 saturated carbocycles. The fraction of sp³-hybridized carbons (Fsp3) is 0.286. The minimum absolute atomic E-state index is 0.0902. The van der Waals surface area contributed by atoms with Crippen molar-refractivity contribution in [1.82, 2.24) is 19.7 Å². The lowest BCUT2D eigenvalue weighted by Gasteiger charge is -2.27. The third-order valence-electron chi connectivity index (χ3n) is 5.47. The summed E-state index contributed by atoms with van der Waals surface area (Å²) in [4.78, 5) is 20.3. The molecule has 0 unspecified atom stereocenters. The van der Waals surface area contributed by atoms with E-state index in [9.17, 15) is 18.0 Å². The Morgan fingerprint density at radius 1 is 1.19 bits per heavy atom. The number of fused-ring (bicyclic) bond motifs is 2. The van der Waals surface area contributed by atoms with Crippen molar-refractivity contribution in [1.29, 1.82) is 0 Å². The molecule has 160 valence electrons. The first-order valence-corrected chi connectivity index (χ1v) is 10.1. The molecule has 6 nitrogen and oxygen atoms in total. The van der Waals surface area contributed by atoms with Crippen LogP contribution in [-0.2, 0) is 6.42 Å². The monoisotopic (exact) mass is 448 g/mol. The van der Waals surface area contributed by atoms with Gasteiger partial charge in [0.1, 0.15) is 11.6 Å². The molecule has 0 aliphatic heterocycles. The number of imidazole rings is 1. The summed E-state index contributed by atoms with van der Waals surface area (Å²) in [6, 6.07) is 9.83. The van der Waals surface area contributed by atoms with Gasteiger partial charge in [-0.1, -0.05) is 29.8 Å². The molecule has 31 heavy (non-hydrogen) atoms. The summed E-state index contributed by atoms with van der Waals surface area (Å²) in [7, 11) is 0. The van der Waals surface area contributed by atoms with Gasteiger partial charge >= 0.3 is 6.36 Å². The third kappa shape index (κ3) is 3.74. The highest BCUT2D eigenvalue weighted by molar-refractivity contribution is 6.32. The summed E-state index contributed by atoms with van der Waals surface area (Å²) in [6.07, 6.45) is -1.69. The summed E-state index contributed by atoms with van der Waals surface area (Å²) in [6.45, 7) is 0. The molecule has 0 saturated heterocycles. The second kappa shape index (κ2) is 7.26. The van der Waals surface area contributed by atoms with Crippen LogP contribution in [0.15, 0.2) is 41.2 Å². The van der Waals surface area contributed by atoms with Gasteiger partial charge in [0.25, 0.3) is 5.56 Å². The topological polar surface area (TPSA) is 72.8 Å². The first kappa shape index (κ1) is 19.9. The summed E-state index contributed by atoms with van der Waals surface area (Å²) >= 11 is 5.93. The molecule has 5 rings (SSSR count). The number of benzene rings is 2. The number of rotatable bonds is 4. The van der Waals surface area contributed by atoms with Crippen LogP contribution in [0.2, 0.25) is 5.02 Å². The van der Waals surface area contributed by atoms with E-state index in [-0.39, 0.29) is 28.6 Å². The van der Waals surface area contributed by atoms with Gasteiger partial charge in [0.15, 0.2) is 0 Å². The number of hydrogen-bond donors (Lipinski definition) is 1. The Hall–Kier alpha value is -3.07. The van der Waals surface area contributed by atoms with E-state index in [1.165, 1.54) is 6.07 Å². The van der Waals surface area contributed by atoms with Crippen LogP contribution in [0.3, 0.4) is 0 Å². The Morgan fingerprint density at radius 2 is 1.94 bits per heavy atom. The molecule has 1 fully saturated rings. The second-order valence-electron chi connectivity index (χ2n) is 7.53. The molecule has 0 atom stereocenters. The van der Waals surface area contributed by atoms with Gasteiger partial charge in [0.2, 0.25) is 0 Å². The van der Waals surface area contributed by atoms with E-state index in [1.807, 2.05) is 18.2 Å². The molecule has 2 aromatic heterocycles. The number of aromatic amines is 1. The van der Waals surface area contributed by atoms with Crippen molar-refractivity contribution in [3.63, 3.8) is 0 Å². The van der Waals surface area contributed by atoms with E-state index < -0.39 is 12.1 Å². The van der Waals surface area contributed by atoms with Gasteiger partial charge in [-0.05, 0) is 31.4 Å². The Morgan fingerprint density at radius 3 is 2.61 bits per heavy atom. The maximum atomic E-state index is 12.9. The largest absolute Gasteiger partial charge is 0.573 e. The highest BCUT2D eigenvalue weighted by atomic mass is 35.5. The number of aromatic nitrogens is 4. The molecule has 2 heterocycles. The van der Waals surface area contributed by atoms with Gasteiger partial charge in [0, 0.05) is 11.5 Å². The molecule has 1 aliphatic rings. The fourth-order valence-electron chi connectivity index (χ4n) is 3.79. The van der Waals surface area contributed by atoms with Crippen LogP contribution < -0.4 is 10.3 Å². The predicted octanol–water partition coefficient (Wildman–Crippen LogP) is 5.14. The Balaban J connectivity index is 1.56. The van der Waals surface area contributed by atoms with Crippen molar-refractivity contribution in [3.05, 3.63) is 63.3 Å². The summed E-state index contributed by atoms with van der Waals surface area (Å²) in [5, 5.41) is 5.75. The summed E-state index contributed by atoms with van der Waals surface area (Å²) in [5.74, 6) is -0.0199. The zero-order valence-electron chi connectivity index (χ0n) is 16.0. The third-order valence-corrected chi connectivity index (χ3v) is 5.77. The van der Waals surface area contributed by atoms with Gasteiger partial charge < -0.3 is 9.72 Å². The minimum atomic E-state index is -4.85. The first-order valence-electron chi connectivity index (χ1n) is 9.73. The van der Waals surface area contributed by atoms with Crippen molar-refractivity contribution in [2.45, 2.75) is 38.1 Å². The Kier molecular flexibility index (Phi) is 4.65. The van der Waals surface area contributed by atoms with E-state index in [0.29, 0.717) is 22.4 Å². The number of hydrogen-bond acceptors (Lipinski definition) is 4. The van der Waals surface area contributed by atoms with Crippen LogP contribution in [0, 0.1) is 0 Å². The van der Waals surface area contributed by atoms with Gasteiger partial charge in [-0.25, -0.2) is 9.67 Å². The number of nitrogens with one attached hydrogen (secondary N) is 1. The standard InChI is InChI=1S/C21H16ClF3N4O2/c22-14-8-16-17(9-18(14)31-21(23,24)25)27-19(26-16)10-15-12-6-1-2-7-13(12)20(30)29(28-15)11-4-3-5-11/h1-2,6-9,11H,3-5,10H2,(H,26,27). The van der Waals surface area contributed by atoms with E-state index >= 15 is 0 Å². The number of nitrogens with zero attached hydrogens (tertiary/aromatic N) is 3. The zero-order valence-corrected chi connectivity index (χ0v) is 16.8. The van der Waals surface area contributed by atoms with Crippen LogP contribution in [-0.4, -0.2) is 26.1 Å². The molecule has 4 aromatic rings. The van der Waals surface area contributed by atoms with Crippen molar-refractivity contribution >= 4 is 33.4 Å². The molecule has 0 amide bonds. The number of H-pyrrole nitrogens is 1. The summed E-state index contributed by atoms with van der Waals surface area (Å²) < 4.78 is 43.3. The van der Waals surface area contributed by atoms with Gasteiger partial charge in [-0.2, -0.15) is 5.10 Å². The SMILES string of the molecule is O=c1c2ccccc2c(Cc2nc3cc(OC(F)(F)F)c(Cl)cc3[nH]2)nn1C1CCC1. The van der Waals surface area contributed by atoms with Crippen LogP contribution >= 0.6 is 11.6 Å². The van der Waals surface area contributed by atoms with Crippen molar-refractivity contribution in [2.75, 3.05) is 0 Å². The molecule has 0 radical (unpaired) electrons. The molecule has 0 bridgehead atoms. The van der Waals surface area contributed by atoms with Gasteiger partial charge in [-0.15, -0.1) is 13.2 Å². The lowest BCUT2D eigenvalue weighted by molar-refractivity contribution is -0.274. The van der Waals surface area contributed by atoms with Crippen LogP contribution in [0.5, 0.6) is 5.75 Å². The van der Waals surface area contributed by atoms with Gasteiger partial charge in [0.05, 0.1) is 39.6 Å². The van der Waals surface area contributed by atoms with Crippen LogP contribution in [0.1, 0.15) is 36.8 Å². The van der Waals surface area contributed by atoms with Crippen LogP contribution in [0.4, 0.5) is 13.2 Å². The maximum absolute atomic E-state index is 12.9.